The molecule has 0 aliphatic rings. The van der Waals surface area contributed by atoms with Crippen molar-refractivity contribution >= 4 is 11.9 Å². The van der Waals surface area contributed by atoms with Crippen LogP contribution in [-0.4, -0.2) is 25.5 Å². The predicted molar refractivity (Wildman–Crippen MR) is 58.3 cm³/mol. The van der Waals surface area contributed by atoms with Crippen LogP contribution in [-0.2, 0) is 14.3 Å². The van der Waals surface area contributed by atoms with Crippen LogP contribution < -0.4 is 5.32 Å². The molecule has 0 fully saturated rings. The van der Waals surface area contributed by atoms with Crippen molar-refractivity contribution in [2.75, 3.05) is 13.7 Å². The molecule has 0 bridgehead atoms. The Balaban J connectivity index is 3.69. The minimum Gasteiger partial charge on any atom is -0.456 e. The molecule has 15 heavy (non-hydrogen) atoms. The highest BCUT2D eigenvalue weighted by Gasteiger charge is 2.12. The second-order valence-electron chi connectivity index (χ2n) is 4.27. The Morgan fingerprint density at radius 2 is 1.87 bits per heavy atom. The van der Waals surface area contributed by atoms with Crippen LogP contribution in [0.3, 0.4) is 0 Å². The zero-order valence-electron chi connectivity index (χ0n) is 10.0. The molecule has 0 aromatic rings. The Bertz CT molecular complexity index is 214. The molecule has 0 spiro atoms. The summed E-state index contributed by atoms with van der Waals surface area (Å²) in [4.78, 5) is 22.0. The molecule has 0 heterocycles. The van der Waals surface area contributed by atoms with Crippen LogP contribution in [0.4, 0.5) is 0 Å². The summed E-state index contributed by atoms with van der Waals surface area (Å²) in [5.41, 5.74) is 0. The minimum atomic E-state index is -0.299. The van der Waals surface area contributed by atoms with E-state index >= 15 is 0 Å². The molecule has 1 unspecified atom stereocenters. The Hall–Kier alpha value is -1.06. The maximum absolute atomic E-state index is 11.3. The van der Waals surface area contributed by atoms with Gasteiger partial charge in [0, 0.05) is 13.5 Å². The first-order valence-electron chi connectivity index (χ1n) is 5.31. The average molecular weight is 215 g/mol. The van der Waals surface area contributed by atoms with Gasteiger partial charge in [0.05, 0.1) is 0 Å². The standard InChI is InChI=1S/C11H21NO3/c1-8(2)5-9(3)6-11(14)15-7-10(13)12-4/h8-9H,5-7H2,1-4H3,(H,12,13). The Morgan fingerprint density at radius 3 is 2.33 bits per heavy atom. The number of hydrogen-bond acceptors (Lipinski definition) is 3. The molecule has 4 nitrogen and oxygen atoms in total. The lowest BCUT2D eigenvalue weighted by Crippen LogP contribution is -2.25. The molecule has 1 N–H and O–H groups in total. The summed E-state index contributed by atoms with van der Waals surface area (Å²) in [5, 5.41) is 2.39. The van der Waals surface area contributed by atoms with Crippen molar-refractivity contribution in [1.82, 2.24) is 5.32 Å². The monoisotopic (exact) mass is 215 g/mol. The molecular weight excluding hydrogens is 194 g/mol. The van der Waals surface area contributed by atoms with Crippen molar-refractivity contribution in [3.63, 3.8) is 0 Å². The van der Waals surface area contributed by atoms with E-state index in [1.807, 2.05) is 6.92 Å². The van der Waals surface area contributed by atoms with Crippen molar-refractivity contribution in [1.29, 1.82) is 0 Å². The summed E-state index contributed by atoms with van der Waals surface area (Å²) < 4.78 is 4.80. The third-order valence-electron chi connectivity index (χ3n) is 2.03. The molecule has 1 amide bonds. The Labute approximate surface area is 91.4 Å². The van der Waals surface area contributed by atoms with Crippen molar-refractivity contribution in [2.45, 2.75) is 33.6 Å². The molecule has 0 saturated heterocycles. The third kappa shape index (κ3) is 7.97. The predicted octanol–water partition coefficient (Wildman–Crippen LogP) is 1.35. The van der Waals surface area contributed by atoms with Crippen LogP contribution in [0.5, 0.6) is 0 Å². The molecular formula is C11H21NO3. The SMILES string of the molecule is CNC(=O)COC(=O)CC(C)CC(C)C. The van der Waals surface area contributed by atoms with Gasteiger partial charge in [-0.1, -0.05) is 20.8 Å². The smallest absolute Gasteiger partial charge is 0.306 e. The first-order valence-corrected chi connectivity index (χ1v) is 5.31. The first kappa shape index (κ1) is 13.9. The lowest BCUT2D eigenvalue weighted by molar-refractivity contribution is -0.149. The molecule has 1 atom stereocenters. The summed E-state index contributed by atoms with van der Waals surface area (Å²) in [6.07, 6.45) is 1.38. The molecule has 88 valence electrons. The van der Waals surface area contributed by atoms with Crippen molar-refractivity contribution < 1.29 is 14.3 Å². The molecule has 0 aromatic heterocycles. The number of rotatable bonds is 6. The minimum absolute atomic E-state index is 0.177. The lowest BCUT2D eigenvalue weighted by Gasteiger charge is -2.12. The van der Waals surface area contributed by atoms with E-state index in [9.17, 15) is 9.59 Å². The third-order valence-corrected chi connectivity index (χ3v) is 2.03. The number of hydrogen-bond donors (Lipinski definition) is 1. The number of amides is 1. The topological polar surface area (TPSA) is 55.4 Å². The fourth-order valence-corrected chi connectivity index (χ4v) is 1.45. The molecule has 4 heteroatoms. The van der Waals surface area contributed by atoms with Crippen LogP contribution in [0.2, 0.25) is 0 Å². The van der Waals surface area contributed by atoms with Gasteiger partial charge < -0.3 is 10.1 Å². The van der Waals surface area contributed by atoms with E-state index in [0.29, 0.717) is 18.3 Å². The van der Waals surface area contributed by atoms with E-state index in [4.69, 9.17) is 4.74 Å². The summed E-state index contributed by atoms with van der Waals surface area (Å²) in [5.74, 6) is 0.306. The van der Waals surface area contributed by atoms with Crippen molar-refractivity contribution in [3.8, 4) is 0 Å². The highest BCUT2D eigenvalue weighted by atomic mass is 16.5. The second-order valence-corrected chi connectivity index (χ2v) is 4.27. The molecule has 0 radical (unpaired) electrons. The van der Waals surface area contributed by atoms with Gasteiger partial charge in [-0.25, -0.2) is 0 Å². The van der Waals surface area contributed by atoms with Gasteiger partial charge >= 0.3 is 5.97 Å². The quantitative estimate of drug-likeness (QED) is 0.680. The fourth-order valence-electron chi connectivity index (χ4n) is 1.45. The van der Waals surface area contributed by atoms with Crippen LogP contribution >= 0.6 is 0 Å². The van der Waals surface area contributed by atoms with E-state index in [-0.39, 0.29) is 18.5 Å². The summed E-state index contributed by atoms with van der Waals surface area (Å²) in [6.45, 7) is 6.07. The lowest BCUT2D eigenvalue weighted by atomic mass is 9.96. The molecule has 0 saturated carbocycles. The Kier molecular flexibility index (Phi) is 6.75. The normalized spacial score (nSPS) is 12.3. The van der Waals surface area contributed by atoms with Gasteiger partial charge in [0.25, 0.3) is 5.91 Å². The number of carbonyl (C=O) groups excluding carboxylic acids is 2. The van der Waals surface area contributed by atoms with Crippen LogP contribution in [0, 0.1) is 11.8 Å². The summed E-state index contributed by atoms with van der Waals surface area (Å²) in [6, 6.07) is 0. The van der Waals surface area contributed by atoms with Crippen molar-refractivity contribution in [3.05, 3.63) is 0 Å². The average Bonchev–Trinajstić information content (AvgIpc) is 2.12. The van der Waals surface area contributed by atoms with Gasteiger partial charge in [-0.3, -0.25) is 9.59 Å². The number of esters is 1. The van der Waals surface area contributed by atoms with Gasteiger partial charge in [0.1, 0.15) is 0 Å². The Morgan fingerprint density at radius 1 is 1.27 bits per heavy atom. The maximum atomic E-state index is 11.3. The van der Waals surface area contributed by atoms with E-state index in [1.165, 1.54) is 7.05 Å². The van der Waals surface area contributed by atoms with Gasteiger partial charge in [-0.15, -0.1) is 0 Å². The maximum Gasteiger partial charge on any atom is 0.306 e. The number of ether oxygens (including phenoxy) is 1. The van der Waals surface area contributed by atoms with E-state index in [1.54, 1.807) is 0 Å². The molecule has 0 aliphatic heterocycles. The number of nitrogens with one attached hydrogen (secondary N) is 1. The molecule has 0 aromatic carbocycles. The highest BCUT2D eigenvalue weighted by Crippen LogP contribution is 2.14. The van der Waals surface area contributed by atoms with E-state index in [0.717, 1.165) is 6.42 Å². The van der Waals surface area contributed by atoms with Crippen molar-refractivity contribution in [2.24, 2.45) is 11.8 Å². The summed E-state index contributed by atoms with van der Waals surface area (Å²) in [7, 11) is 1.51. The summed E-state index contributed by atoms with van der Waals surface area (Å²) >= 11 is 0. The fraction of sp³-hybridized carbons (Fsp3) is 0.818. The van der Waals surface area contributed by atoms with E-state index < -0.39 is 0 Å². The number of likely N-dealkylation sites (N-methyl/N-ethyl adjacent to an activating group) is 1. The largest absolute Gasteiger partial charge is 0.456 e. The van der Waals surface area contributed by atoms with E-state index in [2.05, 4.69) is 19.2 Å². The van der Waals surface area contributed by atoms with Gasteiger partial charge in [0.15, 0.2) is 6.61 Å². The number of carbonyl (C=O) groups is 2. The van der Waals surface area contributed by atoms with Gasteiger partial charge in [0.2, 0.25) is 0 Å². The van der Waals surface area contributed by atoms with Gasteiger partial charge in [-0.05, 0) is 18.3 Å². The molecule has 0 aliphatic carbocycles. The van der Waals surface area contributed by atoms with Crippen LogP contribution in [0.1, 0.15) is 33.6 Å². The second kappa shape index (κ2) is 7.26. The van der Waals surface area contributed by atoms with Gasteiger partial charge in [-0.2, -0.15) is 0 Å². The zero-order chi connectivity index (χ0) is 11.8. The first-order chi connectivity index (χ1) is 6.95. The zero-order valence-corrected chi connectivity index (χ0v) is 10.0. The van der Waals surface area contributed by atoms with Crippen LogP contribution in [0.25, 0.3) is 0 Å². The van der Waals surface area contributed by atoms with Crippen LogP contribution in [0.15, 0.2) is 0 Å². The molecule has 0 rings (SSSR count). The highest BCUT2D eigenvalue weighted by molar-refractivity contribution is 5.80.